The van der Waals surface area contributed by atoms with Gasteiger partial charge < -0.3 is 24.6 Å². The van der Waals surface area contributed by atoms with Crippen molar-refractivity contribution in [2.75, 3.05) is 38.8 Å². The lowest BCUT2D eigenvalue weighted by Crippen LogP contribution is -2.47. The number of nitrogens with one attached hydrogen (secondary N) is 1. The molecule has 0 saturated carbocycles. The Kier molecular flexibility index (Phi) is 7.47. The largest absolute Gasteiger partial charge is 0.497 e. The molecule has 0 bridgehead atoms. The molecule has 3 aromatic rings. The predicted octanol–water partition coefficient (Wildman–Crippen LogP) is 3.84. The van der Waals surface area contributed by atoms with Crippen LogP contribution in [0.3, 0.4) is 0 Å². The lowest BCUT2D eigenvalue weighted by molar-refractivity contribution is -0.132. The zero-order valence-electron chi connectivity index (χ0n) is 19.3. The molecule has 1 aliphatic rings. The Bertz CT molecular complexity index is 1040. The quantitative estimate of drug-likeness (QED) is 0.542. The first-order valence-electron chi connectivity index (χ1n) is 11.2. The molecule has 1 saturated heterocycles. The highest BCUT2D eigenvalue weighted by atomic mass is 16.5. The maximum Gasteiger partial charge on any atom is 0.236 e. The minimum Gasteiger partial charge on any atom is -0.497 e. The summed E-state index contributed by atoms with van der Waals surface area (Å²) in [6, 6.07) is 24.8. The molecule has 0 unspecified atom stereocenters. The standard InChI is InChI=1S/C27H31N3O3/c1-32-25-10-4-7-22(15-25)19-30(20-23-8-5-11-26(16-23)33-2)24-9-3-6-21(14-24)18-29-13-12-28-17-27(29)31/h3-11,14-16,28H,12-13,17-20H2,1-2H3. The average molecular weight is 446 g/mol. The number of hydrogen-bond donors (Lipinski definition) is 1. The van der Waals surface area contributed by atoms with Gasteiger partial charge in [0.2, 0.25) is 5.91 Å². The number of piperazine rings is 1. The normalized spacial score (nSPS) is 13.6. The third-order valence-electron chi connectivity index (χ3n) is 5.85. The van der Waals surface area contributed by atoms with E-state index in [0.29, 0.717) is 13.1 Å². The van der Waals surface area contributed by atoms with Crippen LogP contribution in [0.1, 0.15) is 16.7 Å². The van der Waals surface area contributed by atoms with Gasteiger partial charge in [-0.3, -0.25) is 4.79 Å². The van der Waals surface area contributed by atoms with Crippen molar-refractivity contribution in [2.45, 2.75) is 19.6 Å². The molecule has 0 aliphatic carbocycles. The Balaban J connectivity index is 1.60. The second-order valence-corrected chi connectivity index (χ2v) is 8.22. The van der Waals surface area contributed by atoms with Gasteiger partial charge in [0.25, 0.3) is 0 Å². The molecule has 1 aliphatic heterocycles. The fourth-order valence-electron chi connectivity index (χ4n) is 4.11. The number of benzene rings is 3. The Hall–Kier alpha value is -3.51. The van der Waals surface area contributed by atoms with Crippen molar-refractivity contribution in [3.05, 3.63) is 89.5 Å². The number of anilines is 1. The van der Waals surface area contributed by atoms with E-state index in [4.69, 9.17) is 9.47 Å². The molecule has 172 valence electrons. The molecule has 1 amide bonds. The minimum absolute atomic E-state index is 0.149. The van der Waals surface area contributed by atoms with Crippen molar-refractivity contribution < 1.29 is 14.3 Å². The smallest absolute Gasteiger partial charge is 0.236 e. The van der Waals surface area contributed by atoms with Gasteiger partial charge in [0.05, 0.1) is 20.8 Å². The molecule has 1 N–H and O–H groups in total. The second kappa shape index (κ2) is 10.9. The first kappa shape index (κ1) is 22.7. The maximum absolute atomic E-state index is 12.2. The third-order valence-corrected chi connectivity index (χ3v) is 5.85. The van der Waals surface area contributed by atoms with Crippen LogP contribution in [0, 0.1) is 0 Å². The number of hydrogen-bond acceptors (Lipinski definition) is 5. The summed E-state index contributed by atoms with van der Waals surface area (Å²) >= 11 is 0. The van der Waals surface area contributed by atoms with Crippen LogP contribution in [0.25, 0.3) is 0 Å². The first-order chi connectivity index (χ1) is 16.1. The third kappa shape index (κ3) is 6.05. The zero-order valence-corrected chi connectivity index (χ0v) is 19.3. The van der Waals surface area contributed by atoms with Gasteiger partial charge in [-0.25, -0.2) is 0 Å². The molecule has 0 aromatic heterocycles. The van der Waals surface area contributed by atoms with E-state index in [1.165, 1.54) is 11.1 Å². The number of carbonyl (C=O) groups excluding carboxylic acids is 1. The molecular formula is C27H31N3O3. The number of nitrogens with zero attached hydrogens (tertiary/aromatic N) is 2. The highest BCUT2D eigenvalue weighted by molar-refractivity contribution is 5.79. The monoisotopic (exact) mass is 445 g/mol. The molecular weight excluding hydrogens is 414 g/mol. The predicted molar refractivity (Wildman–Crippen MR) is 131 cm³/mol. The van der Waals surface area contributed by atoms with Crippen molar-refractivity contribution in [2.24, 2.45) is 0 Å². The van der Waals surface area contributed by atoms with Gasteiger partial charge in [-0.2, -0.15) is 0 Å². The summed E-state index contributed by atoms with van der Waals surface area (Å²) in [4.78, 5) is 16.5. The summed E-state index contributed by atoms with van der Waals surface area (Å²) < 4.78 is 10.9. The molecule has 0 spiro atoms. The van der Waals surface area contributed by atoms with Gasteiger partial charge in [0.15, 0.2) is 0 Å². The SMILES string of the molecule is COc1cccc(CN(Cc2cccc(OC)c2)c2cccc(CN3CCNCC3=O)c2)c1. The van der Waals surface area contributed by atoms with Crippen LogP contribution in [0.5, 0.6) is 11.5 Å². The van der Waals surface area contributed by atoms with Crippen LogP contribution in [0.4, 0.5) is 5.69 Å². The first-order valence-corrected chi connectivity index (χ1v) is 11.2. The molecule has 33 heavy (non-hydrogen) atoms. The van der Waals surface area contributed by atoms with Crippen molar-refractivity contribution in [3.8, 4) is 11.5 Å². The van der Waals surface area contributed by atoms with Gasteiger partial charge in [-0.15, -0.1) is 0 Å². The van der Waals surface area contributed by atoms with E-state index in [1.54, 1.807) is 14.2 Å². The van der Waals surface area contributed by atoms with Crippen LogP contribution < -0.4 is 19.7 Å². The summed E-state index contributed by atoms with van der Waals surface area (Å²) in [5.41, 5.74) is 4.57. The Morgan fingerprint density at radius 2 is 1.45 bits per heavy atom. The fraction of sp³-hybridized carbons (Fsp3) is 0.296. The number of amides is 1. The van der Waals surface area contributed by atoms with Crippen molar-refractivity contribution >= 4 is 11.6 Å². The molecule has 6 heteroatoms. The lowest BCUT2D eigenvalue weighted by atomic mass is 10.1. The van der Waals surface area contributed by atoms with Crippen molar-refractivity contribution in [1.29, 1.82) is 0 Å². The van der Waals surface area contributed by atoms with E-state index in [2.05, 4.69) is 58.7 Å². The molecule has 0 radical (unpaired) electrons. The minimum atomic E-state index is 0.149. The van der Waals surface area contributed by atoms with Gasteiger partial charge in [0, 0.05) is 38.4 Å². The molecule has 1 heterocycles. The van der Waals surface area contributed by atoms with Gasteiger partial charge in [-0.1, -0.05) is 36.4 Å². The van der Waals surface area contributed by atoms with E-state index in [1.807, 2.05) is 29.2 Å². The highest BCUT2D eigenvalue weighted by Gasteiger charge is 2.18. The van der Waals surface area contributed by atoms with Crippen molar-refractivity contribution in [3.63, 3.8) is 0 Å². The average Bonchev–Trinajstić information content (AvgIpc) is 2.85. The lowest BCUT2D eigenvalue weighted by Gasteiger charge is -2.29. The second-order valence-electron chi connectivity index (χ2n) is 8.22. The van der Waals surface area contributed by atoms with E-state index < -0.39 is 0 Å². The van der Waals surface area contributed by atoms with Crippen LogP contribution >= 0.6 is 0 Å². The Morgan fingerprint density at radius 1 is 0.848 bits per heavy atom. The summed E-state index contributed by atoms with van der Waals surface area (Å²) in [5.74, 6) is 1.84. The van der Waals surface area contributed by atoms with Crippen LogP contribution in [-0.2, 0) is 24.4 Å². The van der Waals surface area contributed by atoms with Crippen LogP contribution in [0.15, 0.2) is 72.8 Å². The molecule has 1 fully saturated rings. The molecule has 6 nitrogen and oxygen atoms in total. The van der Waals surface area contributed by atoms with Crippen LogP contribution in [0.2, 0.25) is 0 Å². The Labute approximate surface area is 195 Å². The number of carbonyl (C=O) groups is 1. The number of ether oxygens (including phenoxy) is 2. The molecule has 4 rings (SSSR count). The number of methoxy groups -OCH3 is 2. The van der Waals surface area contributed by atoms with Gasteiger partial charge in [0.1, 0.15) is 11.5 Å². The number of rotatable bonds is 9. The van der Waals surface area contributed by atoms with E-state index in [0.717, 1.165) is 48.9 Å². The van der Waals surface area contributed by atoms with E-state index in [9.17, 15) is 4.79 Å². The fourth-order valence-corrected chi connectivity index (χ4v) is 4.11. The van der Waals surface area contributed by atoms with E-state index in [-0.39, 0.29) is 5.91 Å². The highest BCUT2D eigenvalue weighted by Crippen LogP contribution is 2.25. The summed E-state index contributed by atoms with van der Waals surface area (Å²) in [6.07, 6.45) is 0. The Morgan fingerprint density at radius 3 is 2.06 bits per heavy atom. The van der Waals surface area contributed by atoms with Crippen molar-refractivity contribution in [1.82, 2.24) is 10.2 Å². The zero-order chi connectivity index (χ0) is 23.0. The summed E-state index contributed by atoms with van der Waals surface area (Å²) in [6.45, 7) is 4.07. The summed E-state index contributed by atoms with van der Waals surface area (Å²) in [7, 11) is 3.38. The van der Waals surface area contributed by atoms with Crippen LogP contribution in [-0.4, -0.2) is 44.7 Å². The summed E-state index contributed by atoms with van der Waals surface area (Å²) in [5, 5.41) is 3.13. The maximum atomic E-state index is 12.2. The van der Waals surface area contributed by atoms with Gasteiger partial charge >= 0.3 is 0 Å². The van der Waals surface area contributed by atoms with Gasteiger partial charge in [-0.05, 0) is 53.1 Å². The molecule has 3 aromatic carbocycles. The van der Waals surface area contributed by atoms with E-state index >= 15 is 0 Å². The molecule has 0 atom stereocenters. The topological polar surface area (TPSA) is 54.0 Å².